The summed E-state index contributed by atoms with van der Waals surface area (Å²) in [5.41, 5.74) is -1.20. The maximum Gasteiger partial charge on any atom is 0.328 e. The molecule has 0 spiro atoms. The van der Waals surface area contributed by atoms with Gasteiger partial charge < -0.3 is 14.2 Å². The van der Waals surface area contributed by atoms with E-state index in [4.69, 9.17) is 14.2 Å². The van der Waals surface area contributed by atoms with Gasteiger partial charge in [-0.3, -0.25) is 0 Å². The summed E-state index contributed by atoms with van der Waals surface area (Å²) in [6.07, 6.45) is 0.304. The summed E-state index contributed by atoms with van der Waals surface area (Å²) in [6.45, 7) is 7.37. The Morgan fingerprint density at radius 2 is 1.74 bits per heavy atom. The molecule has 0 bridgehead atoms. The van der Waals surface area contributed by atoms with Crippen LogP contribution in [0, 0.1) is 0 Å². The molecule has 1 saturated carbocycles. The first kappa shape index (κ1) is 23.8. The highest BCUT2D eigenvalue weighted by Crippen LogP contribution is 2.59. The van der Waals surface area contributed by atoms with E-state index >= 15 is 0 Å². The van der Waals surface area contributed by atoms with Gasteiger partial charge in [0, 0.05) is 10.3 Å². The number of sulfonamides is 1. The monoisotopic (exact) mass is 513 g/mol. The number of thiophene rings is 1. The molecule has 1 aliphatic carbocycles. The van der Waals surface area contributed by atoms with Gasteiger partial charge in [-0.25, -0.2) is 13.2 Å². The number of benzene rings is 2. The standard InChI is InChI=1S/C26H27NO6S2/c1-24(2,3)33-23(28)26(15-25(26,4)18-8-6-5-7-9-18)27-35(29,30)22-13-12-21(34-22)17-10-11-19-20(14-17)32-16-31-19/h5-14,27H,15-16H2,1-4H3/t25-,26-/m1/s1. The van der Waals surface area contributed by atoms with Gasteiger partial charge >= 0.3 is 5.97 Å². The Labute approximate surface area is 209 Å². The van der Waals surface area contributed by atoms with Crippen molar-refractivity contribution in [2.45, 2.75) is 54.9 Å². The molecule has 5 rings (SSSR count). The molecule has 1 aliphatic heterocycles. The maximum absolute atomic E-state index is 13.6. The van der Waals surface area contributed by atoms with E-state index < -0.39 is 32.5 Å². The van der Waals surface area contributed by atoms with Gasteiger partial charge in [-0.05, 0) is 68.7 Å². The Hall–Kier alpha value is -2.88. The summed E-state index contributed by atoms with van der Waals surface area (Å²) >= 11 is 1.13. The topological polar surface area (TPSA) is 90.9 Å². The zero-order valence-electron chi connectivity index (χ0n) is 20.0. The number of ether oxygens (including phenoxy) is 3. The number of nitrogens with one attached hydrogen (secondary N) is 1. The van der Waals surface area contributed by atoms with E-state index in [2.05, 4.69) is 4.72 Å². The van der Waals surface area contributed by atoms with Crippen molar-refractivity contribution in [3.8, 4) is 21.9 Å². The summed E-state index contributed by atoms with van der Waals surface area (Å²) in [6, 6.07) is 18.3. The van der Waals surface area contributed by atoms with Crippen molar-refractivity contribution < 1.29 is 27.4 Å². The molecule has 184 valence electrons. The van der Waals surface area contributed by atoms with Crippen LogP contribution >= 0.6 is 11.3 Å². The van der Waals surface area contributed by atoms with Gasteiger partial charge in [0.05, 0.1) is 0 Å². The third-order valence-corrected chi connectivity index (χ3v) is 9.53. The van der Waals surface area contributed by atoms with Gasteiger partial charge in [0.2, 0.25) is 6.79 Å². The van der Waals surface area contributed by atoms with E-state index in [1.54, 1.807) is 39.0 Å². The number of fused-ring (bicyclic) bond motifs is 1. The summed E-state index contributed by atoms with van der Waals surface area (Å²) in [5, 5.41) is 0. The normalized spacial score (nSPS) is 23.2. The van der Waals surface area contributed by atoms with Gasteiger partial charge in [-0.1, -0.05) is 37.3 Å². The lowest BCUT2D eigenvalue weighted by Crippen LogP contribution is -2.50. The van der Waals surface area contributed by atoms with Crippen molar-refractivity contribution >= 4 is 27.3 Å². The summed E-state index contributed by atoms with van der Waals surface area (Å²) in [5.74, 6) is 0.708. The lowest BCUT2D eigenvalue weighted by Gasteiger charge is -2.27. The number of rotatable bonds is 6. The highest BCUT2D eigenvalue weighted by Gasteiger charge is 2.73. The summed E-state index contributed by atoms with van der Waals surface area (Å²) < 4.78 is 46.5. The van der Waals surface area contributed by atoms with E-state index in [1.807, 2.05) is 49.4 Å². The van der Waals surface area contributed by atoms with E-state index in [9.17, 15) is 13.2 Å². The third kappa shape index (κ3) is 4.22. The van der Waals surface area contributed by atoms with Crippen molar-refractivity contribution in [1.29, 1.82) is 0 Å². The van der Waals surface area contributed by atoms with Crippen molar-refractivity contribution in [3.05, 3.63) is 66.2 Å². The first-order chi connectivity index (χ1) is 16.4. The van der Waals surface area contributed by atoms with Crippen molar-refractivity contribution in [3.63, 3.8) is 0 Å². The number of hydrogen-bond donors (Lipinski definition) is 1. The summed E-state index contributed by atoms with van der Waals surface area (Å²) in [7, 11) is -4.02. The molecule has 35 heavy (non-hydrogen) atoms. The number of esters is 1. The molecular formula is C26H27NO6S2. The lowest BCUT2D eigenvalue weighted by atomic mass is 9.93. The van der Waals surface area contributed by atoms with Crippen molar-refractivity contribution in [1.82, 2.24) is 4.72 Å². The van der Waals surface area contributed by atoms with Crippen LogP contribution in [0.3, 0.4) is 0 Å². The molecule has 1 N–H and O–H groups in total. The maximum atomic E-state index is 13.6. The average molecular weight is 514 g/mol. The van der Waals surface area contributed by atoms with Crippen molar-refractivity contribution in [2.75, 3.05) is 6.79 Å². The molecule has 7 nitrogen and oxygen atoms in total. The van der Waals surface area contributed by atoms with E-state index in [1.165, 1.54) is 0 Å². The highest BCUT2D eigenvalue weighted by molar-refractivity contribution is 7.91. The Morgan fingerprint density at radius 3 is 2.46 bits per heavy atom. The lowest BCUT2D eigenvalue weighted by molar-refractivity contribution is -0.158. The molecule has 1 fully saturated rings. The van der Waals surface area contributed by atoms with Crippen LogP contribution in [-0.4, -0.2) is 32.3 Å². The zero-order chi connectivity index (χ0) is 25.1. The molecule has 2 aromatic carbocycles. The Kier molecular flexibility index (Phi) is 5.50. The van der Waals surface area contributed by atoms with Crippen LogP contribution in [-0.2, 0) is 25.0 Å². The minimum Gasteiger partial charge on any atom is -0.459 e. The van der Waals surface area contributed by atoms with Crippen LogP contribution in [0.2, 0.25) is 0 Å². The van der Waals surface area contributed by atoms with Crippen LogP contribution in [0.25, 0.3) is 10.4 Å². The molecule has 0 amide bonds. The van der Waals surface area contributed by atoms with Crippen LogP contribution in [0.5, 0.6) is 11.5 Å². The average Bonchev–Trinajstić information content (AvgIpc) is 3.20. The molecule has 2 aliphatic rings. The van der Waals surface area contributed by atoms with E-state index in [0.29, 0.717) is 17.9 Å². The number of carbonyl (C=O) groups is 1. The second kappa shape index (κ2) is 8.08. The Balaban J connectivity index is 1.47. The van der Waals surface area contributed by atoms with Gasteiger partial charge in [0.15, 0.2) is 11.5 Å². The Bertz CT molecular complexity index is 1390. The molecule has 3 aromatic rings. The van der Waals surface area contributed by atoms with E-state index in [0.717, 1.165) is 27.3 Å². The second-order valence-corrected chi connectivity index (χ2v) is 13.1. The highest BCUT2D eigenvalue weighted by atomic mass is 32.2. The first-order valence-corrected chi connectivity index (χ1v) is 13.6. The van der Waals surface area contributed by atoms with Crippen LogP contribution in [0.4, 0.5) is 0 Å². The molecular weight excluding hydrogens is 486 g/mol. The summed E-state index contributed by atoms with van der Waals surface area (Å²) in [4.78, 5) is 14.2. The fourth-order valence-electron chi connectivity index (χ4n) is 4.44. The van der Waals surface area contributed by atoms with Crippen LogP contribution in [0.1, 0.15) is 39.7 Å². The first-order valence-electron chi connectivity index (χ1n) is 11.3. The predicted octanol–water partition coefficient (Wildman–Crippen LogP) is 4.86. The third-order valence-electron chi connectivity index (χ3n) is 6.41. The van der Waals surface area contributed by atoms with Gasteiger partial charge in [0.1, 0.15) is 15.3 Å². The fourth-order valence-corrected chi connectivity index (χ4v) is 7.20. The number of carbonyl (C=O) groups excluding carboxylic acids is 1. The SMILES string of the molecule is CC(C)(C)OC(=O)[C@]1(NS(=O)(=O)c2ccc(-c3ccc4c(c3)OCO4)s2)C[C@]1(C)c1ccccc1. The quantitative estimate of drug-likeness (QED) is 0.473. The minimum absolute atomic E-state index is 0.121. The smallest absolute Gasteiger partial charge is 0.328 e. The van der Waals surface area contributed by atoms with E-state index in [-0.39, 0.29) is 11.0 Å². The largest absolute Gasteiger partial charge is 0.459 e. The molecule has 0 radical (unpaired) electrons. The molecule has 0 saturated heterocycles. The zero-order valence-corrected chi connectivity index (χ0v) is 21.6. The molecule has 1 aromatic heterocycles. The van der Waals surface area contributed by atoms with Gasteiger partial charge in [-0.2, -0.15) is 4.72 Å². The van der Waals surface area contributed by atoms with Crippen LogP contribution < -0.4 is 14.2 Å². The predicted molar refractivity (Wildman–Crippen MR) is 133 cm³/mol. The molecule has 9 heteroatoms. The van der Waals surface area contributed by atoms with Gasteiger partial charge in [-0.15, -0.1) is 11.3 Å². The molecule has 2 heterocycles. The molecule has 2 atom stereocenters. The fraction of sp³-hybridized carbons (Fsp3) is 0.346. The number of hydrogen-bond acceptors (Lipinski definition) is 7. The minimum atomic E-state index is -4.02. The Morgan fingerprint density at radius 1 is 1.03 bits per heavy atom. The van der Waals surface area contributed by atoms with Crippen molar-refractivity contribution in [2.24, 2.45) is 0 Å². The second-order valence-electron chi connectivity index (χ2n) is 10.1. The van der Waals surface area contributed by atoms with Crippen LogP contribution in [0.15, 0.2) is 64.9 Å². The van der Waals surface area contributed by atoms with Gasteiger partial charge in [0.25, 0.3) is 10.0 Å². The molecule has 0 unspecified atom stereocenters.